The van der Waals surface area contributed by atoms with Crippen molar-refractivity contribution in [1.82, 2.24) is 9.78 Å². The van der Waals surface area contributed by atoms with Gasteiger partial charge in [-0.15, -0.1) is 0 Å². The number of aliphatic carboxylic acids is 1. The second kappa shape index (κ2) is 5.55. The molecule has 1 N–H and O–H groups in total. The van der Waals surface area contributed by atoms with E-state index in [1.54, 1.807) is 6.07 Å². The molecule has 22 heavy (non-hydrogen) atoms. The van der Waals surface area contributed by atoms with Crippen LogP contribution in [0, 0.1) is 0 Å². The maximum Gasteiger partial charge on any atom is 0.325 e. The number of carboxylic acid groups (broad SMARTS) is 1. The quantitative estimate of drug-likeness (QED) is 0.946. The minimum absolute atomic E-state index is 0.0294. The summed E-state index contributed by atoms with van der Waals surface area (Å²) in [5.74, 6) is -0.978. The molecule has 2 rings (SSSR count). The Kier molecular flexibility index (Phi) is 4.09. The first-order valence-electron chi connectivity index (χ1n) is 7.38. The summed E-state index contributed by atoms with van der Waals surface area (Å²) in [7, 11) is 0. The first-order chi connectivity index (χ1) is 10.1. The minimum atomic E-state index is -1.07. The molecule has 0 spiro atoms. The maximum absolute atomic E-state index is 12.4. The highest BCUT2D eigenvalue weighted by molar-refractivity contribution is 5.85. The van der Waals surface area contributed by atoms with Crippen LogP contribution in [0.4, 0.5) is 0 Å². The first-order valence-corrected chi connectivity index (χ1v) is 7.38. The van der Waals surface area contributed by atoms with E-state index in [1.807, 2.05) is 26.0 Å². The highest BCUT2D eigenvalue weighted by atomic mass is 16.4. The summed E-state index contributed by atoms with van der Waals surface area (Å²) >= 11 is 0. The largest absolute Gasteiger partial charge is 0.480 e. The summed E-state index contributed by atoms with van der Waals surface area (Å²) in [5, 5.41) is 14.6. The maximum atomic E-state index is 12.4. The van der Waals surface area contributed by atoms with E-state index in [0.29, 0.717) is 5.39 Å². The molecule has 0 bridgehead atoms. The van der Waals surface area contributed by atoms with E-state index in [2.05, 4.69) is 25.9 Å². The van der Waals surface area contributed by atoms with Crippen LogP contribution in [0.25, 0.3) is 10.8 Å². The van der Waals surface area contributed by atoms with Crippen LogP contribution < -0.4 is 5.56 Å². The van der Waals surface area contributed by atoms with Crippen LogP contribution in [-0.2, 0) is 16.8 Å². The van der Waals surface area contributed by atoms with E-state index in [9.17, 15) is 9.59 Å². The van der Waals surface area contributed by atoms with Crippen molar-refractivity contribution in [2.45, 2.75) is 52.5 Å². The standard InChI is InChI=1S/C17H22N2O3/c1-10(2)15-13-8-11(17(3,4)5)6-7-12(13)16(22)19(18-15)9-14(20)21/h6-8,10H,9H2,1-5H3,(H,20,21). The monoisotopic (exact) mass is 302 g/mol. The molecule has 1 heterocycles. The van der Waals surface area contributed by atoms with Crippen LogP contribution in [-0.4, -0.2) is 20.9 Å². The van der Waals surface area contributed by atoms with Gasteiger partial charge in [-0.25, -0.2) is 4.68 Å². The Morgan fingerprint density at radius 2 is 1.91 bits per heavy atom. The Labute approximate surface area is 129 Å². The van der Waals surface area contributed by atoms with Gasteiger partial charge in [0.2, 0.25) is 0 Å². The van der Waals surface area contributed by atoms with Gasteiger partial charge in [0.1, 0.15) is 6.54 Å². The lowest BCUT2D eigenvalue weighted by molar-refractivity contribution is -0.138. The molecular formula is C17H22N2O3. The molecule has 0 radical (unpaired) electrons. The number of rotatable bonds is 3. The van der Waals surface area contributed by atoms with Crippen LogP contribution in [0.5, 0.6) is 0 Å². The molecule has 2 aromatic rings. The van der Waals surface area contributed by atoms with Crippen LogP contribution in [0.3, 0.4) is 0 Å². The molecule has 0 atom stereocenters. The lowest BCUT2D eigenvalue weighted by Crippen LogP contribution is -2.28. The van der Waals surface area contributed by atoms with Gasteiger partial charge in [0.15, 0.2) is 0 Å². The van der Waals surface area contributed by atoms with Crippen molar-refractivity contribution in [2.75, 3.05) is 0 Å². The second-order valence-corrected chi connectivity index (χ2v) is 6.91. The van der Waals surface area contributed by atoms with Crippen molar-refractivity contribution < 1.29 is 9.90 Å². The molecule has 0 unspecified atom stereocenters. The zero-order valence-electron chi connectivity index (χ0n) is 13.7. The van der Waals surface area contributed by atoms with Gasteiger partial charge in [-0.1, -0.05) is 40.7 Å². The number of hydrogen-bond donors (Lipinski definition) is 1. The van der Waals surface area contributed by atoms with E-state index >= 15 is 0 Å². The van der Waals surface area contributed by atoms with E-state index in [1.165, 1.54) is 0 Å². The number of aromatic nitrogens is 2. The SMILES string of the molecule is CC(C)c1nn(CC(=O)O)c(=O)c2ccc(C(C)(C)C)cc12. The second-order valence-electron chi connectivity index (χ2n) is 6.91. The van der Waals surface area contributed by atoms with Gasteiger partial charge < -0.3 is 5.11 Å². The predicted molar refractivity (Wildman–Crippen MR) is 86.4 cm³/mol. The summed E-state index contributed by atoms with van der Waals surface area (Å²) in [6.07, 6.45) is 0. The molecule has 0 saturated heterocycles. The lowest BCUT2D eigenvalue weighted by atomic mass is 9.85. The summed E-state index contributed by atoms with van der Waals surface area (Å²) < 4.78 is 1.04. The van der Waals surface area contributed by atoms with Crippen molar-refractivity contribution in [3.63, 3.8) is 0 Å². The van der Waals surface area contributed by atoms with Gasteiger partial charge in [-0.05, 0) is 29.0 Å². The molecule has 0 saturated carbocycles. The fourth-order valence-corrected chi connectivity index (χ4v) is 2.44. The minimum Gasteiger partial charge on any atom is -0.480 e. The van der Waals surface area contributed by atoms with E-state index in [0.717, 1.165) is 21.3 Å². The van der Waals surface area contributed by atoms with Crippen molar-refractivity contribution in [2.24, 2.45) is 0 Å². The van der Waals surface area contributed by atoms with E-state index in [4.69, 9.17) is 5.11 Å². The van der Waals surface area contributed by atoms with E-state index < -0.39 is 12.5 Å². The summed E-state index contributed by atoms with van der Waals surface area (Å²) in [5.41, 5.74) is 1.49. The molecular weight excluding hydrogens is 280 g/mol. The molecule has 118 valence electrons. The zero-order chi connectivity index (χ0) is 16.7. The Bertz CT molecular complexity index is 783. The van der Waals surface area contributed by atoms with Gasteiger partial charge in [-0.3, -0.25) is 9.59 Å². The Morgan fingerprint density at radius 3 is 2.41 bits per heavy atom. The van der Waals surface area contributed by atoms with Crippen molar-refractivity contribution in [3.05, 3.63) is 39.8 Å². The molecule has 0 aliphatic rings. The fourth-order valence-electron chi connectivity index (χ4n) is 2.44. The predicted octanol–water partition coefficient (Wildman–Crippen LogP) is 2.90. The number of nitrogens with zero attached hydrogens (tertiary/aromatic N) is 2. The summed E-state index contributed by atoms with van der Waals surface area (Å²) in [6, 6.07) is 5.72. The van der Waals surface area contributed by atoms with Crippen molar-refractivity contribution in [1.29, 1.82) is 0 Å². The van der Waals surface area contributed by atoms with Gasteiger partial charge in [0.25, 0.3) is 5.56 Å². The summed E-state index contributed by atoms with van der Waals surface area (Å²) in [4.78, 5) is 23.4. The smallest absolute Gasteiger partial charge is 0.325 e. The average Bonchev–Trinajstić information content (AvgIpc) is 2.39. The van der Waals surface area contributed by atoms with Crippen LogP contribution >= 0.6 is 0 Å². The van der Waals surface area contributed by atoms with Gasteiger partial charge in [-0.2, -0.15) is 5.10 Å². The van der Waals surface area contributed by atoms with Crippen LogP contribution in [0.1, 0.15) is 51.8 Å². The van der Waals surface area contributed by atoms with E-state index in [-0.39, 0.29) is 16.9 Å². The number of fused-ring (bicyclic) bond motifs is 1. The highest BCUT2D eigenvalue weighted by Crippen LogP contribution is 2.28. The molecule has 1 aromatic heterocycles. The van der Waals surface area contributed by atoms with Crippen LogP contribution in [0.2, 0.25) is 0 Å². The highest BCUT2D eigenvalue weighted by Gasteiger charge is 2.19. The molecule has 0 fully saturated rings. The molecule has 0 amide bonds. The van der Waals surface area contributed by atoms with Crippen LogP contribution in [0.15, 0.2) is 23.0 Å². The molecule has 1 aromatic carbocycles. The number of carbonyl (C=O) groups is 1. The molecule has 0 aliphatic carbocycles. The van der Waals surface area contributed by atoms with Gasteiger partial charge >= 0.3 is 5.97 Å². The molecule has 0 aliphatic heterocycles. The Balaban J connectivity index is 2.81. The number of benzene rings is 1. The topological polar surface area (TPSA) is 72.2 Å². The van der Waals surface area contributed by atoms with Crippen molar-refractivity contribution >= 4 is 16.7 Å². The molecule has 5 nitrogen and oxygen atoms in total. The zero-order valence-corrected chi connectivity index (χ0v) is 13.7. The normalized spacial score (nSPS) is 12.1. The summed E-state index contributed by atoms with van der Waals surface area (Å²) in [6.45, 7) is 9.89. The fraction of sp³-hybridized carbons (Fsp3) is 0.471. The third-order valence-corrected chi connectivity index (χ3v) is 3.69. The molecule has 5 heteroatoms. The third kappa shape index (κ3) is 3.03. The third-order valence-electron chi connectivity index (χ3n) is 3.69. The lowest BCUT2D eigenvalue weighted by Gasteiger charge is -2.20. The Hall–Kier alpha value is -2.17. The number of hydrogen-bond acceptors (Lipinski definition) is 3. The first kappa shape index (κ1) is 16.2. The average molecular weight is 302 g/mol. The Morgan fingerprint density at radius 1 is 1.27 bits per heavy atom. The number of carboxylic acids is 1. The van der Waals surface area contributed by atoms with Gasteiger partial charge in [0.05, 0.1) is 11.1 Å². The van der Waals surface area contributed by atoms with Crippen molar-refractivity contribution in [3.8, 4) is 0 Å². The van der Waals surface area contributed by atoms with Gasteiger partial charge in [0, 0.05) is 5.39 Å².